The molecule has 0 radical (unpaired) electrons. The highest BCUT2D eigenvalue weighted by molar-refractivity contribution is 7.92. The van der Waals surface area contributed by atoms with E-state index in [1.165, 1.54) is 42.7 Å². The van der Waals surface area contributed by atoms with Gasteiger partial charge in [0.05, 0.1) is 28.7 Å². The number of aromatic nitrogens is 2. The molecule has 0 aliphatic carbocycles. The normalized spacial score (nSPS) is 11.1. The first-order valence-electron chi connectivity index (χ1n) is 9.93. The number of carbonyl (C=O) groups is 1. The number of aromatic hydroxyl groups is 1. The summed E-state index contributed by atoms with van der Waals surface area (Å²) in [6, 6.07) is 19.2. The van der Waals surface area contributed by atoms with E-state index in [2.05, 4.69) is 20.0 Å². The number of sulfonamides is 1. The molecule has 1 aromatic heterocycles. The molecule has 4 aromatic rings. The van der Waals surface area contributed by atoms with Crippen molar-refractivity contribution in [3.05, 3.63) is 96.3 Å². The Hall–Kier alpha value is -4.24. The molecule has 3 aromatic carbocycles. The molecule has 9 heteroatoms. The molecule has 33 heavy (non-hydrogen) atoms. The van der Waals surface area contributed by atoms with Gasteiger partial charge in [-0.1, -0.05) is 30.3 Å². The summed E-state index contributed by atoms with van der Waals surface area (Å²) in [6.07, 6.45) is 2.91. The van der Waals surface area contributed by atoms with Crippen LogP contribution in [0.3, 0.4) is 0 Å². The second-order valence-corrected chi connectivity index (χ2v) is 8.93. The molecule has 0 saturated carbocycles. The van der Waals surface area contributed by atoms with Crippen LogP contribution < -0.4 is 10.0 Å². The van der Waals surface area contributed by atoms with Gasteiger partial charge in [0, 0.05) is 11.1 Å². The lowest BCUT2D eigenvalue weighted by molar-refractivity contribution is 0.102. The zero-order chi connectivity index (χ0) is 23.4. The van der Waals surface area contributed by atoms with Gasteiger partial charge in [-0.3, -0.25) is 9.52 Å². The topological polar surface area (TPSA) is 121 Å². The van der Waals surface area contributed by atoms with E-state index in [0.29, 0.717) is 22.8 Å². The molecular formula is C24H20N4O4S. The fourth-order valence-electron chi connectivity index (χ4n) is 3.07. The Bertz CT molecular complexity index is 1400. The Morgan fingerprint density at radius 1 is 0.909 bits per heavy atom. The van der Waals surface area contributed by atoms with Crippen molar-refractivity contribution in [3.8, 4) is 17.1 Å². The largest absolute Gasteiger partial charge is 0.508 e. The molecule has 1 heterocycles. The molecule has 0 aliphatic rings. The summed E-state index contributed by atoms with van der Waals surface area (Å²) in [5.74, 6) is 0.0761. The third-order valence-electron chi connectivity index (χ3n) is 4.83. The average molecular weight is 461 g/mol. The molecule has 0 atom stereocenters. The van der Waals surface area contributed by atoms with E-state index in [0.717, 1.165) is 5.56 Å². The third-order valence-corrected chi connectivity index (χ3v) is 6.21. The number of rotatable bonds is 6. The monoisotopic (exact) mass is 460 g/mol. The van der Waals surface area contributed by atoms with E-state index in [9.17, 15) is 18.3 Å². The van der Waals surface area contributed by atoms with Crippen molar-refractivity contribution in [2.75, 3.05) is 10.0 Å². The van der Waals surface area contributed by atoms with Crippen molar-refractivity contribution in [1.82, 2.24) is 9.97 Å². The van der Waals surface area contributed by atoms with Gasteiger partial charge in [-0.25, -0.2) is 18.4 Å². The Kier molecular flexibility index (Phi) is 6.05. The van der Waals surface area contributed by atoms with E-state index in [4.69, 9.17) is 0 Å². The molecule has 0 unspecified atom stereocenters. The summed E-state index contributed by atoms with van der Waals surface area (Å²) in [6.45, 7) is 1.81. The molecule has 0 aliphatic heterocycles. The molecule has 3 N–H and O–H groups in total. The van der Waals surface area contributed by atoms with E-state index < -0.39 is 15.9 Å². The average Bonchev–Trinajstić information content (AvgIpc) is 2.81. The number of anilines is 2. The zero-order valence-electron chi connectivity index (χ0n) is 17.6. The predicted molar refractivity (Wildman–Crippen MR) is 126 cm³/mol. The van der Waals surface area contributed by atoms with Crippen LogP contribution in [0.5, 0.6) is 5.75 Å². The minimum Gasteiger partial charge on any atom is -0.508 e. The summed E-state index contributed by atoms with van der Waals surface area (Å²) < 4.78 is 27.9. The van der Waals surface area contributed by atoms with Crippen molar-refractivity contribution in [2.45, 2.75) is 11.8 Å². The molecule has 4 rings (SSSR count). The summed E-state index contributed by atoms with van der Waals surface area (Å²) in [7, 11) is -3.79. The number of para-hydroxylation sites is 1. The highest BCUT2D eigenvalue weighted by Crippen LogP contribution is 2.21. The number of nitrogens with one attached hydrogen (secondary N) is 2. The van der Waals surface area contributed by atoms with Gasteiger partial charge < -0.3 is 10.4 Å². The van der Waals surface area contributed by atoms with Crippen molar-refractivity contribution in [1.29, 1.82) is 0 Å². The van der Waals surface area contributed by atoms with Crippen LogP contribution in [0.2, 0.25) is 0 Å². The maximum absolute atomic E-state index is 12.7. The maximum Gasteiger partial charge on any atom is 0.261 e. The Morgan fingerprint density at radius 2 is 1.61 bits per heavy atom. The van der Waals surface area contributed by atoms with E-state index in [1.54, 1.807) is 30.3 Å². The molecule has 166 valence electrons. The van der Waals surface area contributed by atoms with Gasteiger partial charge in [-0.2, -0.15) is 0 Å². The van der Waals surface area contributed by atoms with Crippen LogP contribution in [0.25, 0.3) is 11.4 Å². The number of phenols is 1. The molecule has 0 fully saturated rings. The van der Waals surface area contributed by atoms with Crippen LogP contribution in [-0.4, -0.2) is 29.4 Å². The number of hydrogen-bond donors (Lipinski definition) is 3. The standard InChI is InChI=1S/C24H20N4O4S/c1-16-5-2-3-8-22(16)28-33(31,32)21-11-9-17(10-12-21)24(30)27-19-14-25-23(26-15-19)18-6-4-7-20(29)13-18/h2-15,28-29H,1H3,(H,27,30). The van der Waals surface area contributed by atoms with Gasteiger partial charge >= 0.3 is 0 Å². The van der Waals surface area contributed by atoms with E-state index in [-0.39, 0.29) is 16.2 Å². The fourth-order valence-corrected chi connectivity index (χ4v) is 4.20. The highest BCUT2D eigenvalue weighted by atomic mass is 32.2. The zero-order valence-corrected chi connectivity index (χ0v) is 18.4. The fraction of sp³-hybridized carbons (Fsp3) is 0.0417. The quantitative estimate of drug-likeness (QED) is 0.396. The lowest BCUT2D eigenvalue weighted by Gasteiger charge is -2.11. The van der Waals surface area contributed by atoms with Crippen molar-refractivity contribution < 1.29 is 18.3 Å². The maximum atomic E-state index is 12.7. The van der Waals surface area contributed by atoms with Crippen LogP contribution in [0.4, 0.5) is 11.4 Å². The van der Waals surface area contributed by atoms with Gasteiger partial charge in [-0.15, -0.1) is 0 Å². The second-order valence-electron chi connectivity index (χ2n) is 7.24. The summed E-state index contributed by atoms with van der Waals surface area (Å²) in [5.41, 5.74) is 2.59. The van der Waals surface area contributed by atoms with Crippen LogP contribution >= 0.6 is 0 Å². The Balaban J connectivity index is 1.44. The van der Waals surface area contributed by atoms with Crippen molar-refractivity contribution >= 4 is 27.3 Å². The molecule has 0 spiro atoms. The first-order chi connectivity index (χ1) is 15.8. The summed E-state index contributed by atoms with van der Waals surface area (Å²) in [5, 5.41) is 12.3. The number of benzene rings is 3. The van der Waals surface area contributed by atoms with E-state index >= 15 is 0 Å². The Labute approximate surface area is 191 Å². The van der Waals surface area contributed by atoms with Crippen molar-refractivity contribution in [3.63, 3.8) is 0 Å². The predicted octanol–water partition coefficient (Wildman–Crippen LogP) is 4.21. The second kappa shape index (κ2) is 9.09. The minimum atomic E-state index is -3.79. The number of aryl methyl sites for hydroxylation is 1. The van der Waals surface area contributed by atoms with Crippen molar-refractivity contribution in [2.24, 2.45) is 0 Å². The van der Waals surface area contributed by atoms with Crippen LogP contribution in [-0.2, 0) is 10.0 Å². The van der Waals surface area contributed by atoms with Gasteiger partial charge in [0.1, 0.15) is 5.75 Å². The van der Waals surface area contributed by atoms with Gasteiger partial charge in [-0.05, 0) is 55.0 Å². The lowest BCUT2D eigenvalue weighted by Crippen LogP contribution is -2.15. The van der Waals surface area contributed by atoms with Gasteiger partial charge in [0.25, 0.3) is 15.9 Å². The number of phenolic OH excluding ortho intramolecular Hbond substituents is 1. The van der Waals surface area contributed by atoms with Gasteiger partial charge in [0.15, 0.2) is 5.82 Å². The number of hydrogen-bond acceptors (Lipinski definition) is 6. The van der Waals surface area contributed by atoms with Crippen LogP contribution in [0, 0.1) is 6.92 Å². The molecule has 8 nitrogen and oxygen atoms in total. The molecular weight excluding hydrogens is 440 g/mol. The number of nitrogens with zero attached hydrogens (tertiary/aromatic N) is 2. The lowest BCUT2D eigenvalue weighted by atomic mass is 10.2. The van der Waals surface area contributed by atoms with E-state index in [1.807, 2.05) is 19.1 Å². The first-order valence-corrected chi connectivity index (χ1v) is 11.4. The number of carbonyl (C=O) groups excluding carboxylic acids is 1. The molecule has 0 bridgehead atoms. The third kappa shape index (κ3) is 5.16. The SMILES string of the molecule is Cc1ccccc1NS(=O)(=O)c1ccc(C(=O)Nc2cnc(-c3cccc(O)c3)nc2)cc1. The van der Waals surface area contributed by atoms with Crippen LogP contribution in [0.1, 0.15) is 15.9 Å². The summed E-state index contributed by atoms with van der Waals surface area (Å²) >= 11 is 0. The smallest absolute Gasteiger partial charge is 0.261 e. The summed E-state index contributed by atoms with van der Waals surface area (Å²) in [4.78, 5) is 21.0. The van der Waals surface area contributed by atoms with Gasteiger partial charge in [0.2, 0.25) is 0 Å². The molecule has 1 amide bonds. The Morgan fingerprint density at radius 3 is 2.27 bits per heavy atom. The van der Waals surface area contributed by atoms with Crippen LogP contribution in [0.15, 0.2) is 90.1 Å². The number of amides is 1. The minimum absolute atomic E-state index is 0.0427. The molecule has 0 saturated heterocycles. The first kappa shape index (κ1) is 22.0. The highest BCUT2D eigenvalue weighted by Gasteiger charge is 2.16.